The average Bonchev–Trinajstić information content (AvgIpc) is 3.53. The highest BCUT2D eigenvalue weighted by Gasteiger charge is 2.61. The van der Waals surface area contributed by atoms with Gasteiger partial charge in [0, 0.05) is 43.5 Å². The Bertz CT molecular complexity index is 858. The van der Waals surface area contributed by atoms with E-state index >= 15 is 0 Å². The number of nitrogens with one attached hydrogen (secondary N) is 1. The van der Waals surface area contributed by atoms with Gasteiger partial charge in [0.1, 0.15) is 5.84 Å². The van der Waals surface area contributed by atoms with Crippen molar-refractivity contribution in [2.24, 2.45) is 29.4 Å². The van der Waals surface area contributed by atoms with Crippen LogP contribution in [0, 0.1) is 17.3 Å². The third-order valence-electron chi connectivity index (χ3n) is 6.82. The Morgan fingerprint density at radius 1 is 1.26 bits per heavy atom. The van der Waals surface area contributed by atoms with Gasteiger partial charge in [-0.05, 0) is 55.9 Å². The zero-order chi connectivity index (χ0) is 18.2. The van der Waals surface area contributed by atoms with Crippen molar-refractivity contribution in [3.63, 3.8) is 0 Å². The van der Waals surface area contributed by atoms with Gasteiger partial charge in [-0.3, -0.25) is 14.9 Å². The van der Waals surface area contributed by atoms with E-state index in [9.17, 15) is 4.79 Å². The number of nitrogens with zero attached hydrogens (tertiary/aromatic N) is 5. The number of hydrogen-bond donors (Lipinski definition) is 1. The lowest BCUT2D eigenvalue weighted by molar-refractivity contribution is -0.135. The number of carbonyl (C=O) groups is 1. The monoisotopic (exact) mass is 366 g/mol. The summed E-state index contributed by atoms with van der Waals surface area (Å²) in [7, 11) is 1.93. The van der Waals surface area contributed by atoms with E-state index in [0.717, 1.165) is 36.0 Å². The Balaban J connectivity index is 1.34. The zero-order valence-electron chi connectivity index (χ0n) is 15.8. The van der Waals surface area contributed by atoms with E-state index in [1.165, 1.54) is 38.5 Å². The summed E-state index contributed by atoms with van der Waals surface area (Å²) in [6.45, 7) is 0.833. The highest BCUT2D eigenvalue weighted by Crippen LogP contribution is 2.63. The van der Waals surface area contributed by atoms with Gasteiger partial charge in [-0.2, -0.15) is 10.2 Å². The molecule has 7 nitrogen and oxygen atoms in total. The molecule has 1 atom stereocenters. The van der Waals surface area contributed by atoms with Gasteiger partial charge in [0.05, 0.1) is 6.20 Å². The molecule has 0 radical (unpaired) electrons. The van der Waals surface area contributed by atoms with Crippen LogP contribution in [0.5, 0.6) is 0 Å². The molecule has 3 fully saturated rings. The highest BCUT2D eigenvalue weighted by molar-refractivity contribution is 5.99. The molecule has 1 N–H and O–H groups in total. The lowest BCUT2D eigenvalue weighted by atomic mass is 9.97. The first-order valence-electron chi connectivity index (χ1n) is 10.3. The summed E-state index contributed by atoms with van der Waals surface area (Å²) in [4.78, 5) is 17.5. The van der Waals surface area contributed by atoms with Crippen molar-refractivity contribution in [3.05, 3.63) is 29.9 Å². The van der Waals surface area contributed by atoms with Gasteiger partial charge in [0.2, 0.25) is 6.17 Å². The summed E-state index contributed by atoms with van der Waals surface area (Å²) >= 11 is 0. The van der Waals surface area contributed by atoms with Crippen LogP contribution in [-0.2, 0) is 18.3 Å². The molecule has 7 heteroatoms. The van der Waals surface area contributed by atoms with Crippen LogP contribution in [0.3, 0.4) is 0 Å². The van der Waals surface area contributed by atoms with E-state index in [4.69, 9.17) is 0 Å². The van der Waals surface area contributed by atoms with Crippen LogP contribution in [0.15, 0.2) is 29.4 Å². The molecule has 0 spiro atoms. The Morgan fingerprint density at radius 2 is 2.07 bits per heavy atom. The number of fused-ring (bicyclic) bond motifs is 1. The number of carbonyl (C=O) groups excluding carboxylic acids is 1. The van der Waals surface area contributed by atoms with Gasteiger partial charge in [-0.25, -0.2) is 0 Å². The molecule has 3 heterocycles. The first kappa shape index (κ1) is 15.7. The smallest absolute Gasteiger partial charge is 0.272 e. The zero-order valence-corrected chi connectivity index (χ0v) is 15.8. The van der Waals surface area contributed by atoms with E-state index in [0.29, 0.717) is 5.92 Å². The maximum atomic E-state index is 13.3. The maximum Gasteiger partial charge on any atom is 0.272 e. The third kappa shape index (κ3) is 2.51. The van der Waals surface area contributed by atoms with Crippen LogP contribution in [-0.4, -0.2) is 44.0 Å². The summed E-state index contributed by atoms with van der Waals surface area (Å²) in [6.07, 6.45) is 14.0. The lowest BCUT2D eigenvalue weighted by Gasteiger charge is -2.38. The fraction of sp³-hybridized carbons (Fsp3) is 0.650. The molecule has 6 rings (SSSR count). The predicted molar refractivity (Wildman–Crippen MR) is 100 cm³/mol. The van der Waals surface area contributed by atoms with Crippen LogP contribution in [0.1, 0.15) is 44.1 Å². The fourth-order valence-corrected chi connectivity index (χ4v) is 4.83. The maximum absolute atomic E-state index is 13.3. The van der Waals surface area contributed by atoms with Gasteiger partial charge in [-0.15, -0.1) is 0 Å². The molecule has 142 valence electrons. The van der Waals surface area contributed by atoms with Gasteiger partial charge >= 0.3 is 0 Å². The van der Waals surface area contributed by atoms with Crippen molar-refractivity contribution in [2.45, 2.75) is 51.1 Å². The largest absolute Gasteiger partial charge is 0.311 e. The first-order chi connectivity index (χ1) is 13.1. The molecule has 27 heavy (non-hydrogen) atoms. The van der Waals surface area contributed by atoms with Crippen molar-refractivity contribution >= 4 is 11.7 Å². The topological polar surface area (TPSA) is 65.8 Å². The predicted octanol–water partition coefficient (Wildman–Crippen LogP) is 1.79. The number of rotatable bonds is 6. The molecule has 1 amide bonds. The molecular formula is C20H26N6O. The van der Waals surface area contributed by atoms with Gasteiger partial charge in [0.15, 0.2) is 0 Å². The average molecular weight is 366 g/mol. The molecule has 1 unspecified atom stereocenters. The van der Waals surface area contributed by atoms with Gasteiger partial charge < -0.3 is 9.80 Å². The molecule has 0 saturated heterocycles. The number of allylic oxidation sites excluding steroid dienone is 1. The van der Waals surface area contributed by atoms with Crippen LogP contribution >= 0.6 is 0 Å². The normalized spacial score (nSPS) is 28.6. The molecule has 0 aromatic carbocycles. The van der Waals surface area contributed by atoms with Gasteiger partial charge in [0.25, 0.3) is 5.91 Å². The number of hydrazone groups is 1. The second-order valence-electron chi connectivity index (χ2n) is 9.02. The minimum atomic E-state index is -0.354. The number of hydrogen-bond acceptors (Lipinski definition) is 5. The molecule has 1 aromatic heterocycles. The number of amidine groups is 1. The summed E-state index contributed by atoms with van der Waals surface area (Å²) in [5.41, 5.74) is 5.62. The lowest BCUT2D eigenvalue weighted by Crippen LogP contribution is -2.55. The molecule has 3 saturated carbocycles. The van der Waals surface area contributed by atoms with E-state index in [1.807, 2.05) is 29.0 Å². The number of amides is 1. The first-order valence-corrected chi connectivity index (χ1v) is 10.3. The third-order valence-corrected chi connectivity index (χ3v) is 6.82. The Labute approximate surface area is 159 Å². The van der Waals surface area contributed by atoms with Crippen molar-refractivity contribution in [1.29, 1.82) is 0 Å². The van der Waals surface area contributed by atoms with Crippen molar-refractivity contribution in [1.82, 2.24) is 25.0 Å². The summed E-state index contributed by atoms with van der Waals surface area (Å²) in [6, 6.07) is 0. The van der Waals surface area contributed by atoms with E-state index < -0.39 is 0 Å². The molecular weight excluding hydrogens is 340 g/mol. The second-order valence-corrected chi connectivity index (χ2v) is 9.02. The molecule has 2 aliphatic heterocycles. The Kier molecular flexibility index (Phi) is 3.12. The Morgan fingerprint density at radius 3 is 2.70 bits per heavy atom. The summed E-state index contributed by atoms with van der Waals surface area (Å²) in [5, 5.41) is 8.98. The standard InChI is InChI=1S/C20H26N6O/c1-24-10-14(9-21-24)8-16-12-26-17(18(27)25(16)11-13-2-3-13)22-23-19(26)20(6-7-20)15-4-5-15/h9-10,12-13,15,17,22H,2-8,11H2,1H3. The fourth-order valence-electron chi connectivity index (χ4n) is 4.83. The van der Waals surface area contributed by atoms with Crippen LogP contribution in [0.4, 0.5) is 0 Å². The van der Waals surface area contributed by atoms with E-state index in [2.05, 4.69) is 26.7 Å². The van der Waals surface area contributed by atoms with E-state index in [-0.39, 0.29) is 17.5 Å². The van der Waals surface area contributed by atoms with Gasteiger partial charge in [-0.1, -0.05) is 0 Å². The number of aromatic nitrogens is 2. The van der Waals surface area contributed by atoms with Crippen molar-refractivity contribution < 1.29 is 4.79 Å². The van der Waals surface area contributed by atoms with Crippen LogP contribution < -0.4 is 5.43 Å². The summed E-state index contributed by atoms with van der Waals surface area (Å²) in [5.74, 6) is 2.68. The van der Waals surface area contributed by atoms with E-state index in [1.54, 1.807) is 0 Å². The van der Waals surface area contributed by atoms with Crippen molar-refractivity contribution in [3.8, 4) is 0 Å². The highest BCUT2D eigenvalue weighted by atomic mass is 16.2. The minimum Gasteiger partial charge on any atom is -0.311 e. The minimum absolute atomic E-state index is 0.147. The molecule has 5 aliphatic rings. The van der Waals surface area contributed by atoms with Crippen LogP contribution in [0.2, 0.25) is 0 Å². The quantitative estimate of drug-likeness (QED) is 0.834. The SMILES string of the molecule is Cn1cc(CC2=CN3C(C4(C5CC5)CC4)=NNC3C(=O)N2CC2CC2)cn1. The Hall–Kier alpha value is -2.31. The van der Waals surface area contributed by atoms with Crippen LogP contribution in [0.25, 0.3) is 0 Å². The number of aryl methyl sites for hydroxylation is 1. The second kappa shape index (κ2) is 5.36. The van der Waals surface area contributed by atoms with Crippen molar-refractivity contribution in [2.75, 3.05) is 6.54 Å². The molecule has 1 aromatic rings. The summed E-state index contributed by atoms with van der Waals surface area (Å²) < 4.78 is 1.82. The molecule has 3 aliphatic carbocycles. The molecule has 0 bridgehead atoms.